The molecule has 0 saturated carbocycles. The lowest BCUT2D eigenvalue weighted by Crippen LogP contribution is -2.27. The van der Waals surface area contributed by atoms with Crippen LogP contribution in [0.2, 0.25) is 0 Å². The summed E-state index contributed by atoms with van der Waals surface area (Å²) < 4.78 is 21.9. The molecule has 2 atom stereocenters. The Kier molecular flexibility index (Phi) is 4.46. The number of rotatable bonds is 7. The molecule has 21 heavy (non-hydrogen) atoms. The van der Waals surface area contributed by atoms with E-state index in [1.54, 1.807) is 0 Å². The summed E-state index contributed by atoms with van der Waals surface area (Å²) in [7, 11) is 0. The molecule has 2 saturated heterocycles. The first kappa shape index (κ1) is 14.4. The molecule has 4 heteroatoms. The first-order valence-electron chi connectivity index (χ1n) is 7.52. The van der Waals surface area contributed by atoms with Crippen molar-refractivity contribution in [3.63, 3.8) is 0 Å². The number of hydrogen-bond acceptors (Lipinski definition) is 4. The molecule has 2 fully saturated rings. The van der Waals surface area contributed by atoms with Crippen LogP contribution in [0.4, 0.5) is 0 Å². The molecule has 0 aliphatic carbocycles. The van der Waals surface area contributed by atoms with Crippen molar-refractivity contribution in [3.8, 4) is 5.75 Å². The maximum absolute atomic E-state index is 5.77. The molecule has 2 aliphatic rings. The van der Waals surface area contributed by atoms with Gasteiger partial charge >= 0.3 is 0 Å². The standard InChI is InChI=1S/C17H22O4/c1-3-13-8-14(18-7-6-15-9-20-15)4-5-17(13)12(2)19-10-16-11-21-16/h3-5,8,15-16H,6-7,9-11H2,1-2H3/b13-3-,17-12+. The monoisotopic (exact) mass is 290 g/mol. The van der Waals surface area contributed by atoms with Crippen LogP contribution in [0.25, 0.3) is 11.8 Å². The van der Waals surface area contributed by atoms with Gasteiger partial charge in [-0.1, -0.05) is 6.08 Å². The van der Waals surface area contributed by atoms with E-state index in [0.29, 0.717) is 19.3 Å². The Balaban J connectivity index is 1.69. The third kappa shape index (κ3) is 4.22. The summed E-state index contributed by atoms with van der Waals surface area (Å²) in [6.07, 6.45) is 3.73. The van der Waals surface area contributed by atoms with Gasteiger partial charge in [-0.05, 0) is 37.3 Å². The molecular formula is C17H22O4. The Labute approximate surface area is 125 Å². The second kappa shape index (κ2) is 6.50. The van der Waals surface area contributed by atoms with E-state index in [9.17, 15) is 0 Å². The van der Waals surface area contributed by atoms with Crippen LogP contribution in [0.3, 0.4) is 0 Å². The smallest absolute Gasteiger partial charge is 0.119 e. The summed E-state index contributed by atoms with van der Waals surface area (Å²) in [5.74, 6) is 1.82. The van der Waals surface area contributed by atoms with Gasteiger partial charge in [-0.15, -0.1) is 0 Å². The van der Waals surface area contributed by atoms with Crippen molar-refractivity contribution in [2.75, 3.05) is 26.4 Å². The zero-order chi connectivity index (χ0) is 14.7. The molecule has 0 aromatic heterocycles. The van der Waals surface area contributed by atoms with Crippen molar-refractivity contribution < 1.29 is 18.9 Å². The average molecular weight is 290 g/mol. The molecule has 2 aliphatic heterocycles. The Morgan fingerprint density at radius 1 is 1.29 bits per heavy atom. The molecule has 2 unspecified atom stereocenters. The third-order valence-corrected chi connectivity index (χ3v) is 3.71. The van der Waals surface area contributed by atoms with Crippen LogP contribution in [0.1, 0.15) is 20.3 Å². The van der Waals surface area contributed by atoms with Gasteiger partial charge in [0.15, 0.2) is 0 Å². The highest BCUT2D eigenvalue weighted by atomic mass is 16.6. The molecule has 0 amide bonds. The minimum atomic E-state index is 0.279. The Hall–Kier alpha value is -1.52. The van der Waals surface area contributed by atoms with Crippen molar-refractivity contribution in [3.05, 3.63) is 28.6 Å². The summed E-state index contributed by atoms with van der Waals surface area (Å²) in [6, 6.07) is 6.11. The molecule has 114 valence electrons. The molecule has 0 spiro atoms. The van der Waals surface area contributed by atoms with E-state index in [1.807, 2.05) is 19.9 Å². The minimum absolute atomic E-state index is 0.279. The largest absolute Gasteiger partial charge is 0.495 e. The SMILES string of the molecule is C/C=c1/cc(OCCC2CO2)cc/c1=C(/C)OCC1CO1. The molecule has 4 nitrogen and oxygen atoms in total. The van der Waals surface area contributed by atoms with Gasteiger partial charge in [0, 0.05) is 11.6 Å². The van der Waals surface area contributed by atoms with Crippen LogP contribution in [-0.4, -0.2) is 38.6 Å². The zero-order valence-corrected chi connectivity index (χ0v) is 12.6. The predicted molar refractivity (Wildman–Crippen MR) is 80.5 cm³/mol. The zero-order valence-electron chi connectivity index (χ0n) is 12.6. The van der Waals surface area contributed by atoms with Crippen LogP contribution in [0, 0.1) is 0 Å². The first-order valence-corrected chi connectivity index (χ1v) is 7.52. The van der Waals surface area contributed by atoms with Crippen molar-refractivity contribution in [2.24, 2.45) is 0 Å². The lowest BCUT2D eigenvalue weighted by atomic mass is 10.2. The maximum atomic E-state index is 5.77. The van der Waals surface area contributed by atoms with Gasteiger partial charge in [0.2, 0.25) is 0 Å². The van der Waals surface area contributed by atoms with E-state index in [0.717, 1.165) is 41.6 Å². The summed E-state index contributed by atoms with van der Waals surface area (Å²) in [4.78, 5) is 0. The number of epoxide rings is 2. The van der Waals surface area contributed by atoms with Crippen LogP contribution in [0.5, 0.6) is 5.75 Å². The normalized spacial score (nSPS) is 25.5. The fraction of sp³-hybridized carbons (Fsp3) is 0.529. The van der Waals surface area contributed by atoms with Crippen molar-refractivity contribution in [1.82, 2.24) is 0 Å². The third-order valence-electron chi connectivity index (χ3n) is 3.71. The van der Waals surface area contributed by atoms with E-state index in [-0.39, 0.29) is 6.10 Å². The molecule has 1 aromatic rings. The second-order valence-electron chi connectivity index (χ2n) is 5.45. The van der Waals surface area contributed by atoms with Gasteiger partial charge in [-0.25, -0.2) is 0 Å². The molecule has 0 radical (unpaired) electrons. The molecule has 0 bridgehead atoms. The molecule has 1 aromatic carbocycles. The van der Waals surface area contributed by atoms with Crippen molar-refractivity contribution >= 4 is 11.8 Å². The quantitative estimate of drug-likeness (QED) is 0.708. The molecular weight excluding hydrogens is 268 g/mol. The lowest BCUT2D eigenvalue weighted by Gasteiger charge is -2.07. The van der Waals surface area contributed by atoms with Gasteiger partial charge in [-0.2, -0.15) is 0 Å². The molecule has 3 rings (SSSR count). The van der Waals surface area contributed by atoms with Crippen LogP contribution in [0.15, 0.2) is 18.2 Å². The van der Waals surface area contributed by atoms with Gasteiger partial charge < -0.3 is 18.9 Å². The van der Waals surface area contributed by atoms with Crippen LogP contribution in [-0.2, 0) is 14.2 Å². The number of hydrogen-bond donors (Lipinski definition) is 0. The lowest BCUT2D eigenvalue weighted by molar-refractivity contribution is 0.228. The fourth-order valence-electron chi connectivity index (χ4n) is 2.19. The van der Waals surface area contributed by atoms with Gasteiger partial charge in [-0.3, -0.25) is 0 Å². The number of benzene rings is 1. The summed E-state index contributed by atoms with van der Waals surface area (Å²) >= 11 is 0. The van der Waals surface area contributed by atoms with E-state index >= 15 is 0 Å². The minimum Gasteiger partial charge on any atom is -0.495 e. The Morgan fingerprint density at radius 3 is 2.71 bits per heavy atom. The van der Waals surface area contributed by atoms with Crippen molar-refractivity contribution in [1.29, 1.82) is 0 Å². The highest BCUT2D eigenvalue weighted by Crippen LogP contribution is 2.14. The van der Waals surface area contributed by atoms with Crippen LogP contribution >= 0.6 is 0 Å². The number of ether oxygens (including phenoxy) is 4. The van der Waals surface area contributed by atoms with E-state index in [4.69, 9.17) is 18.9 Å². The van der Waals surface area contributed by atoms with Gasteiger partial charge in [0.1, 0.15) is 24.2 Å². The van der Waals surface area contributed by atoms with Crippen LogP contribution < -0.4 is 15.2 Å². The molecule has 0 N–H and O–H groups in total. The topological polar surface area (TPSA) is 43.5 Å². The van der Waals surface area contributed by atoms with Crippen molar-refractivity contribution in [2.45, 2.75) is 32.5 Å². The first-order chi connectivity index (χ1) is 10.3. The fourth-order valence-corrected chi connectivity index (χ4v) is 2.19. The summed E-state index contributed by atoms with van der Waals surface area (Å²) in [5, 5.41) is 2.24. The second-order valence-corrected chi connectivity index (χ2v) is 5.45. The summed E-state index contributed by atoms with van der Waals surface area (Å²) in [5.41, 5.74) is 0. The predicted octanol–water partition coefficient (Wildman–Crippen LogP) is 1.20. The Morgan fingerprint density at radius 2 is 2.05 bits per heavy atom. The van der Waals surface area contributed by atoms with E-state index in [2.05, 4.69) is 18.2 Å². The maximum Gasteiger partial charge on any atom is 0.119 e. The van der Waals surface area contributed by atoms with E-state index < -0.39 is 0 Å². The highest BCUT2D eigenvalue weighted by Gasteiger charge is 2.23. The molecule has 2 heterocycles. The Bertz CT molecular complexity index is 600. The summed E-state index contributed by atoms with van der Waals surface area (Å²) in [6.45, 7) is 7.05. The average Bonchev–Trinajstić information content (AvgIpc) is 3.38. The highest BCUT2D eigenvalue weighted by molar-refractivity contribution is 5.40. The van der Waals surface area contributed by atoms with Gasteiger partial charge in [0.05, 0.1) is 25.9 Å². The van der Waals surface area contributed by atoms with Gasteiger partial charge in [0.25, 0.3) is 0 Å². The van der Waals surface area contributed by atoms with E-state index in [1.165, 1.54) is 0 Å².